The number of nitrogens with zero attached hydrogens (tertiary/aromatic N) is 3. The Morgan fingerprint density at radius 2 is 1.79 bits per heavy atom. The van der Waals surface area contributed by atoms with E-state index in [-0.39, 0.29) is 18.2 Å². The van der Waals surface area contributed by atoms with Gasteiger partial charge in [-0.05, 0) is 61.4 Å². The first kappa shape index (κ1) is 18.7. The molecule has 1 aliphatic rings. The molecular formula is C20H17ClN4O2S. The van der Waals surface area contributed by atoms with Gasteiger partial charge in [0.2, 0.25) is 17.0 Å². The first-order chi connectivity index (χ1) is 13.4. The Hall–Kier alpha value is -2.64. The van der Waals surface area contributed by atoms with Crippen molar-refractivity contribution in [2.45, 2.75) is 30.7 Å². The number of nitrogens with one attached hydrogen (secondary N) is 1. The summed E-state index contributed by atoms with van der Waals surface area (Å²) in [6, 6.07) is 12.9. The summed E-state index contributed by atoms with van der Waals surface area (Å²) in [5.41, 5.74) is 3.48. The molecule has 1 aliphatic heterocycles. The van der Waals surface area contributed by atoms with Gasteiger partial charge < -0.3 is 0 Å². The molecule has 0 aliphatic carbocycles. The van der Waals surface area contributed by atoms with Gasteiger partial charge >= 0.3 is 0 Å². The highest BCUT2D eigenvalue weighted by molar-refractivity contribution is 8.00. The maximum absolute atomic E-state index is 12.9. The van der Waals surface area contributed by atoms with E-state index in [1.807, 2.05) is 44.2 Å². The Morgan fingerprint density at radius 1 is 1.11 bits per heavy atom. The van der Waals surface area contributed by atoms with Crippen molar-refractivity contribution in [3.63, 3.8) is 0 Å². The Bertz CT molecular complexity index is 1040. The summed E-state index contributed by atoms with van der Waals surface area (Å²) in [7, 11) is 0. The van der Waals surface area contributed by atoms with Crippen molar-refractivity contribution < 1.29 is 9.59 Å². The second-order valence-corrected chi connectivity index (χ2v) is 8.30. The van der Waals surface area contributed by atoms with Crippen molar-refractivity contribution in [3.8, 4) is 11.4 Å². The molecule has 0 saturated carbocycles. The topological polar surface area (TPSA) is 79.0 Å². The zero-order valence-electron chi connectivity index (χ0n) is 15.3. The summed E-state index contributed by atoms with van der Waals surface area (Å²) in [5.74, 6) is 0.140. The molecule has 0 radical (unpaired) electrons. The summed E-state index contributed by atoms with van der Waals surface area (Å²) < 4.78 is 0. The molecule has 2 aromatic carbocycles. The van der Waals surface area contributed by atoms with Crippen LogP contribution in [-0.4, -0.2) is 32.2 Å². The number of benzene rings is 2. The average molecular weight is 413 g/mol. The number of aromatic amines is 1. The van der Waals surface area contributed by atoms with Crippen molar-refractivity contribution in [2.24, 2.45) is 0 Å². The quantitative estimate of drug-likeness (QED) is 0.650. The van der Waals surface area contributed by atoms with E-state index in [1.54, 1.807) is 12.1 Å². The van der Waals surface area contributed by atoms with E-state index in [9.17, 15) is 9.59 Å². The number of halogens is 1. The Morgan fingerprint density at radius 3 is 2.46 bits per heavy atom. The fraction of sp³-hybridized carbons (Fsp3) is 0.200. The number of H-pyrrole nitrogens is 1. The number of thioether (sulfide) groups is 1. The molecule has 0 unspecified atom stereocenters. The standard InChI is InChI=1S/C20H17ClN4O2S/c1-11-7-12(2)9-15(8-11)25-17(26)10-16(19(25)27)28-20-22-18(23-24-20)13-3-5-14(21)6-4-13/h3-9,16H,10H2,1-2H3,(H,22,23,24)/t16-/m1/s1. The molecule has 0 bridgehead atoms. The Balaban J connectivity index is 1.52. The van der Waals surface area contributed by atoms with Crippen LogP contribution < -0.4 is 4.90 Å². The highest BCUT2D eigenvalue weighted by atomic mass is 35.5. The maximum Gasteiger partial charge on any atom is 0.247 e. The smallest absolute Gasteiger partial charge is 0.247 e. The lowest BCUT2D eigenvalue weighted by Gasteiger charge is -2.16. The molecular weight excluding hydrogens is 396 g/mol. The minimum absolute atomic E-state index is 0.126. The molecule has 1 aromatic heterocycles. The van der Waals surface area contributed by atoms with Crippen LogP contribution in [-0.2, 0) is 9.59 Å². The van der Waals surface area contributed by atoms with E-state index in [0.29, 0.717) is 21.7 Å². The first-order valence-electron chi connectivity index (χ1n) is 8.71. The normalized spacial score (nSPS) is 16.8. The molecule has 3 aromatic rings. The SMILES string of the molecule is Cc1cc(C)cc(N2C(=O)C[C@@H](Sc3n[nH]c(-c4ccc(Cl)cc4)n3)C2=O)c1. The van der Waals surface area contributed by atoms with Crippen molar-refractivity contribution in [1.82, 2.24) is 15.2 Å². The number of aryl methyl sites for hydroxylation is 2. The van der Waals surface area contributed by atoms with Crippen LogP contribution in [0.15, 0.2) is 47.6 Å². The molecule has 2 amide bonds. The number of carbonyl (C=O) groups excluding carboxylic acids is 2. The Kier molecular flexibility index (Phi) is 4.95. The van der Waals surface area contributed by atoms with Crippen LogP contribution >= 0.6 is 23.4 Å². The van der Waals surface area contributed by atoms with Gasteiger partial charge in [-0.2, -0.15) is 0 Å². The molecule has 4 rings (SSSR count). The number of aromatic nitrogens is 3. The van der Waals surface area contributed by atoms with Crippen LogP contribution in [0.2, 0.25) is 5.02 Å². The average Bonchev–Trinajstić information content (AvgIpc) is 3.20. The van der Waals surface area contributed by atoms with Crippen molar-refractivity contribution >= 4 is 40.9 Å². The molecule has 1 atom stereocenters. The fourth-order valence-electron chi connectivity index (χ4n) is 3.21. The van der Waals surface area contributed by atoms with Crippen molar-refractivity contribution in [1.29, 1.82) is 0 Å². The molecule has 8 heteroatoms. The summed E-state index contributed by atoms with van der Waals surface area (Å²) >= 11 is 7.10. The number of rotatable bonds is 4. The number of anilines is 1. The van der Waals surface area contributed by atoms with Gasteiger partial charge in [-0.1, -0.05) is 29.4 Å². The molecule has 6 nitrogen and oxygen atoms in total. The van der Waals surface area contributed by atoms with Crippen LogP contribution in [0.4, 0.5) is 5.69 Å². The molecule has 1 fully saturated rings. The van der Waals surface area contributed by atoms with Crippen LogP contribution in [0, 0.1) is 13.8 Å². The minimum atomic E-state index is -0.540. The second kappa shape index (κ2) is 7.41. The van der Waals surface area contributed by atoms with Gasteiger partial charge in [0.25, 0.3) is 0 Å². The van der Waals surface area contributed by atoms with E-state index >= 15 is 0 Å². The number of hydrogen-bond donors (Lipinski definition) is 1. The fourth-order valence-corrected chi connectivity index (χ4v) is 4.27. The molecule has 1 saturated heterocycles. The lowest BCUT2D eigenvalue weighted by Crippen LogP contribution is -2.31. The van der Waals surface area contributed by atoms with Gasteiger partial charge in [0, 0.05) is 17.0 Å². The van der Waals surface area contributed by atoms with Crippen molar-refractivity contribution in [3.05, 3.63) is 58.6 Å². The predicted octanol–water partition coefficient (Wildman–Crippen LogP) is 4.17. The Labute approximate surface area is 171 Å². The van der Waals surface area contributed by atoms with Crippen molar-refractivity contribution in [2.75, 3.05) is 4.90 Å². The molecule has 0 spiro atoms. The van der Waals surface area contributed by atoms with Crippen LogP contribution in [0.3, 0.4) is 0 Å². The van der Waals surface area contributed by atoms with Gasteiger partial charge in [-0.15, -0.1) is 5.10 Å². The third-order valence-corrected chi connectivity index (χ3v) is 5.70. The second-order valence-electron chi connectivity index (χ2n) is 6.70. The summed E-state index contributed by atoms with van der Waals surface area (Å²) in [6.07, 6.45) is 0.126. The highest BCUT2D eigenvalue weighted by Crippen LogP contribution is 2.33. The first-order valence-corrected chi connectivity index (χ1v) is 9.96. The summed E-state index contributed by atoms with van der Waals surface area (Å²) in [6.45, 7) is 3.89. The van der Waals surface area contributed by atoms with Crippen LogP contribution in [0.25, 0.3) is 11.4 Å². The molecule has 2 heterocycles. The van der Waals surface area contributed by atoms with Gasteiger partial charge in [0.1, 0.15) is 5.25 Å². The zero-order valence-corrected chi connectivity index (χ0v) is 16.8. The molecule has 28 heavy (non-hydrogen) atoms. The van der Waals surface area contributed by atoms with E-state index in [2.05, 4.69) is 15.2 Å². The van der Waals surface area contributed by atoms with Crippen LogP contribution in [0.5, 0.6) is 0 Å². The lowest BCUT2D eigenvalue weighted by molar-refractivity contribution is -0.121. The van der Waals surface area contributed by atoms with Gasteiger partial charge in [-0.25, -0.2) is 9.88 Å². The van der Waals surface area contributed by atoms with E-state index in [4.69, 9.17) is 11.6 Å². The van der Waals surface area contributed by atoms with E-state index in [0.717, 1.165) is 16.7 Å². The summed E-state index contributed by atoms with van der Waals surface area (Å²) in [5, 5.41) is 7.57. The maximum atomic E-state index is 12.9. The predicted molar refractivity (Wildman–Crippen MR) is 109 cm³/mol. The third kappa shape index (κ3) is 3.68. The lowest BCUT2D eigenvalue weighted by atomic mass is 10.1. The van der Waals surface area contributed by atoms with Crippen LogP contribution in [0.1, 0.15) is 17.5 Å². The summed E-state index contributed by atoms with van der Waals surface area (Å²) in [4.78, 5) is 31.1. The van der Waals surface area contributed by atoms with E-state index < -0.39 is 5.25 Å². The van der Waals surface area contributed by atoms with Gasteiger partial charge in [-0.3, -0.25) is 14.7 Å². The largest absolute Gasteiger partial charge is 0.274 e. The molecule has 142 valence electrons. The third-order valence-electron chi connectivity index (χ3n) is 4.40. The zero-order chi connectivity index (χ0) is 19.8. The minimum Gasteiger partial charge on any atom is -0.274 e. The number of carbonyl (C=O) groups is 2. The highest BCUT2D eigenvalue weighted by Gasteiger charge is 2.41. The number of imide groups is 1. The number of hydrogen-bond acceptors (Lipinski definition) is 5. The molecule has 1 N–H and O–H groups in total. The monoisotopic (exact) mass is 412 g/mol. The van der Waals surface area contributed by atoms with Gasteiger partial charge in [0.05, 0.1) is 5.69 Å². The van der Waals surface area contributed by atoms with E-state index in [1.165, 1.54) is 16.7 Å². The number of amides is 2. The van der Waals surface area contributed by atoms with Gasteiger partial charge in [0.15, 0.2) is 5.82 Å².